The van der Waals surface area contributed by atoms with Crippen molar-refractivity contribution in [2.24, 2.45) is 0 Å². The van der Waals surface area contributed by atoms with Crippen molar-refractivity contribution in [1.29, 1.82) is 0 Å². The molecule has 0 aliphatic carbocycles. The number of carbonyl (C=O) groups is 1. The number of aromatic nitrogens is 1. The molecule has 0 radical (unpaired) electrons. The quantitative estimate of drug-likeness (QED) is 0.749. The van der Waals surface area contributed by atoms with Gasteiger partial charge in [-0.15, -0.1) is 0 Å². The van der Waals surface area contributed by atoms with E-state index < -0.39 is 0 Å². The van der Waals surface area contributed by atoms with E-state index >= 15 is 0 Å². The molecular formula is C11H20N2O. The smallest absolute Gasteiger partial charge is 0.252 e. The minimum Gasteiger partial charge on any atom is -0.355 e. The first kappa shape index (κ1) is 15.1. The monoisotopic (exact) mass is 196 g/mol. The van der Waals surface area contributed by atoms with E-state index in [9.17, 15) is 4.79 Å². The van der Waals surface area contributed by atoms with Crippen LogP contribution in [0.3, 0.4) is 0 Å². The zero-order chi connectivity index (χ0) is 10.1. The Morgan fingerprint density at radius 2 is 2.07 bits per heavy atom. The van der Waals surface area contributed by atoms with Crippen LogP contribution in [0.5, 0.6) is 0 Å². The SMILES string of the molecule is C.CCC.CNC(=O)c1cccnc1. The maximum absolute atomic E-state index is 10.9. The first-order valence-corrected chi connectivity index (χ1v) is 4.38. The summed E-state index contributed by atoms with van der Waals surface area (Å²) >= 11 is 0. The molecule has 80 valence electrons. The van der Waals surface area contributed by atoms with Gasteiger partial charge in [0.05, 0.1) is 5.56 Å². The summed E-state index contributed by atoms with van der Waals surface area (Å²) in [6.07, 6.45) is 4.41. The molecule has 0 atom stereocenters. The number of hydrogen-bond acceptors (Lipinski definition) is 2. The molecule has 14 heavy (non-hydrogen) atoms. The van der Waals surface area contributed by atoms with Crippen LogP contribution < -0.4 is 5.32 Å². The minimum absolute atomic E-state index is 0. The van der Waals surface area contributed by atoms with Crippen molar-refractivity contribution in [1.82, 2.24) is 10.3 Å². The third-order valence-corrected chi connectivity index (χ3v) is 1.15. The van der Waals surface area contributed by atoms with Crippen molar-refractivity contribution in [2.45, 2.75) is 27.7 Å². The van der Waals surface area contributed by atoms with Crippen LogP contribution in [0.25, 0.3) is 0 Å². The van der Waals surface area contributed by atoms with Gasteiger partial charge in [0, 0.05) is 19.4 Å². The fourth-order valence-corrected chi connectivity index (χ4v) is 0.641. The van der Waals surface area contributed by atoms with E-state index in [1.54, 1.807) is 25.4 Å². The lowest BCUT2D eigenvalue weighted by atomic mass is 10.3. The summed E-state index contributed by atoms with van der Waals surface area (Å²) in [5.41, 5.74) is 0.588. The molecule has 1 amide bonds. The van der Waals surface area contributed by atoms with Crippen molar-refractivity contribution < 1.29 is 4.79 Å². The van der Waals surface area contributed by atoms with E-state index in [-0.39, 0.29) is 13.3 Å². The zero-order valence-corrected chi connectivity index (χ0v) is 8.37. The molecule has 0 fully saturated rings. The van der Waals surface area contributed by atoms with E-state index in [1.165, 1.54) is 12.6 Å². The molecule has 1 rings (SSSR count). The Bertz CT molecular complexity index is 234. The standard InChI is InChI=1S/C7H8N2O.C3H8.CH4/c1-8-7(10)6-3-2-4-9-5-6;1-3-2;/h2-5H,1H3,(H,8,10);3H2,1-2H3;1H4. The molecule has 0 aliphatic rings. The van der Waals surface area contributed by atoms with Crippen molar-refractivity contribution in [3.8, 4) is 0 Å². The Morgan fingerprint density at radius 1 is 1.50 bits per heavy atom. The second-order valence-corrected chi connectivity index (χ2v) is 2.53. The molecule has 1 aromatic heterocycles. The number of pyridine rings is 1. The number of hydrogen-bond donors (Lipinski definition) is 1. The predicted octanol–water partition coefficient (Wildman–Crippen LogP) is 2.49. The number of rotatable bonds is 1. The van der Waals surface area contributed by atoms with Gasteiger partial charge in [0.25, 0.3) is 5.91 Å². The third-order valence-electron chi connectivity index (χ3n) is 1.15. The van der Waals surface area contributed by atoms with Crippen LogP contribution in [0.4, 0.5) is 0 Å². The summed E-state index contributed by atoms with van der Waals surface area (Å²) in [4.78, 5) is 14.7. The normalized spacial score (nSPS) is 7.64. The first-order valence-electron chi connectivity index (χ1n) is 4.38. The molecular weight excluding hydrogens is 176 g/mol. The lowest BCUT2D eigenvalue weighted by Gasteiger charge is -1.95. The molecule has 3 heteroatoms. The van der Waals surface area contributed by atoms with Crippen LogP contribution >= 0.6 is 0 Å². The largest absolute Gasteiger partial charge is 0.355 e. The van der Waals surface area contributed by atoms with Crippen LogP contribution in [-0.4, -0.2) is 17.9 Å². The van der Waals surface area contributed by atoms with Gasteiger partial charge in [0.2, 0.25) is 0 Å². The Balaban J connectivity index is 0. The Labute approximate surface area is 86.6 Å². The number of amides is 1. The topological polar surface area (TPSA) is 42.0 Å². The van der Waals surface area contributed by atoms with Crippen molar-refractivity contribution >= 4 is 5.91 Å². The van der Waals surface area contributed by atoms with Crippen LogP contribution in [0, 0.1) is 0 Å². The van der Waals surface area contributed by atoms with Gasteiger partial charge in [0.15, 0.2) is 0 Å². The minimum atomic E-state index is -0.104. The maximum Gasteiger partial charge on any atom is 0.252 e. The number of nitrogens with zero attached hydrogens (tertiary/aromatic N) is 1. The molecule has 3 nitrogen and oxygen atoms in total. The van der Waals surface area contributed by atoms with Gasteiger partial charge >= 0.3 is 0 Å². The summed E-state index contributed by atoms with van der Waals surface area (Å²) in [5.74, 6) is -0.104. The van der Waals surface area contributed by atoms with E-state index in [0.29, 0.717) is 5.56 Å². The Kier molecular flexibility index (Phi) is 10.5. The summed E-state index contributed by atoms with van der Waals surface area (Å²) in [7, 11) is 1.59. The summed E-state index contributed by atoms with van der Waals surface area (Å²) in [6, 6.07) is 3.44. The van der Waals surface area contributed by atoms with Gasteiger partial charge in [-0.3, -0.25) is 9.78 Å². The molecule has 0 saturated heterocycles. The third kappa shape index (κ3) is 6.17. The molecule has 0 aliphatic heterocycles. The summed E-state index contributed by atoms with van der Waals surface area (Å²) < 4.78 is 0. The van der Waals surface area contributed by atoms with E-state index in [4.69, 9.17) is 0 Å². The molecule has 0 spiro atoms. The average Bonchev–Trinajstić information content (AvgIpc) is 2.19. The van der Waals surface area contributed by atoms with Gasteiger partial charge in [-0.05, 0) is 12.1 Å². The molecule has 0 bridgehead atoms. The van der Waals surface area contributed by atoms with Crippen LogP contribution in [0.2, 0.25) is 0 Å². The van der Waals surface area contributed by atoms with Crippen molar-refractivity contribution in [3.63, 3.8) is 0 Å². The van der Waals surface area contributed by atoms with Gasteiger partial charge in [-0.1, -0.05) is 27.7 Å². The number of nitrogens with one attached hydrogen (secondary N) is 1. The fraction of sp³-hybridized carbons (Fsp3) is 0.455. The first-order chi connectivity index (χ1) is 6.26. The Morgan fingerprint density at radius 3 is 2.43 bits per heavy atom. The second-order valence-electron chi connectivity index (χ2n) is 2.53. The molecule has 1 aromatic rings. The molecule has 0 unspecified atom stereocenters. The van der Waals surface area contributed by atoms with Gasteiger partial charge in [-0.25, -0.2) is 0 Å². The van der Waals surface area contributed by atoms with Gasteiger partial charge < -0.3 is 5.32 Å². The highest BCUT2D eigenvalue weighted by atomic mass is 16.1. The maximum atomic E-state index is 10.9. The molecule has 0 aromatic carbocycles. The highest BCUT2D eigenvalue weighted by molar-refractivity contribution is 5.93. The van der Waals surface area contributed by atoms with E-state index in [2.05, 4.69) is 24.1 Å². The predicted molar refractivity (Wildman–Crippen MR) is 60.3 cm³/mol. The average molecular weight is 196 g/mol. The van der Waals surface area contributed by atoms with Gasteiger partial charge in [0.1, 0.15) is 0 Å². The van der Waals surface area contributed by atoms with E-state index in [1.807, 2.05) is 0 Å². The van der Waals surface area contributed by atoms with E-state index in [0.717, 1.165) is 0 Å². The molecule has 1 N–H and O–H groups in total. The van der Waals surface area contributed by atoms with Crippen molar-refractivity contribution in [3.05, 3.63) is 30.1 Å². The van der Waals surface area contributed by atoms with Crippen LogP contribution in [-0.2, 0) is 0 Å². The fourth-order valence-electron chi connectivity index (χ4n) is 0.641. The second kappa shape index (κ2) is 9.71. The highest BCUT2D eigenvalue weighted by Crippen LogP contribution is 1.93. The summed E-state index contributed by atoms with van der Waals surface area (Å²) in [6.45, 7) is 4.25. The van der Waals surface area contributed by atoms with Crippen molar-refractivity contribution in [2.75, 3.05) is 7.05 Å². The lowest BCUT2D eigenvalue weighted by Crippen LogP contribution is -2.17. The Hall–Kier alpha value is -1.38. The highest BCUT2D eigenvalue weighted by Gasteiger charge is 1.98. The van der Waals surface area contributed by atoms with Crippen LogP contribution in [0.1, 0.15) is 38.1 Å². The number of carbonyl (C=O) groups excluding carboxylic acids is 1. The summed E-state index contributed by atoms with van der Waals surface area (Å²) in [5, 5.41) is 2.50. The molecule has 1 heterocycles. The lowest BCUT2D eigenvalue weighted by molar-refractivity contribution is 0.0962. The van der Waals surface area contributed by atoms with Gasteiger partial charge in [-0.2, -0.15) is 0 Å². The zero-order valence-electron chi connectivity index (χ0n) is 8.37. The molecule has 0 saturated carbocycles. The van der Waals surface area contributed by atoms with Crippen LogP contribution in [0.15, 0.2) is 24.5 Å².